The molecule has 0 rings (SSSR count). The topological polar surface area (TPSA) is 26.3 Å². The number of hydrogen-bond donors (Lipinski definition) is 0. The van der Waals surface area contributed by atoms with Crippen molar-refractivity contribution in [2.24, 2.45) is 0 Å². The first-order valence-electron chi connectivity index (χ1n) is 7.81. The highest BCUT2D eigenvalue weighted by Crippen LogP contribution is 2.57. The van der Waals surface area contributed by atoms with Crippen molar-refractivity contribution in [1.82, 2.24) is 0 Å². The van der Waals surface area contributed by atoms with Crippen LogP contribution in [0.1, 0.15) is 39.5 Å². The molecule has 0 unspecified atom stereocenters. The number of alkyl halides is 11. The summed E-state index contributed by atoms with van der Waals surface area (Å²) < 4.78 is 146. The summed E-state index contributed by atoms with van der Waals surface area (Å²) in [6.45, 7) is 1.95. The molecule has 13 heteroatoms. The van der Waals surface area contributed by atoms with Gasteiger partial charge in [0.1, 0.15) is 0 Å². The number of rotatable bonds is 10. The van der Waals surface area contributed by atoms with Gasteiger partial charge in [0.15, 0.2) is 0 Å². The molecule has 0 atom stereocenters. The molecule has 0 aliphatic heterocycles. The van der Waals surface area contributed by atoms with Gasteiger partial charge < -0.3 is 4.74 Å². The lowest BCUT2D eigenvalue weighted by Gasteiger charge is -2.36. The molecule has 0 fully saturated rings. The number of carbonyl (C=O) groups is 1. The highest BCUT2D eigenvalue weighted by Gasteiger charge is 2.86. The second-order valence-electron chi connectivity index (χ2n) is 5.87. The number of hydrogen-bond acceptors (Lipinski definition) is 2. The molecule has 0 spiro atoms. The van der Waals surface area contributed by atoms with Crippen LogP contribution in [0.15, 0.2) is 11.6 Å². The van der Waals surface area contributed by atoms with Gasteiger partial charge in [-0.2, -0.15) is 48.3 Å². The second kappa shape index (κ2) is 8.85. The van der Waals surface area contributed by atoms with Crippen molar-refractivity contribution < 1.29 is 57.8 Å². The van der Waals surface area contributed by atoms with E-state index in [0.717, 1.165) is 12.8 Å². The molecule has 0 saturated heterocycles. The summed E-state index contributed by atoms with van der Waals surface area (Å²) >= 11 is 0. The molecule has 0 saturated carbocycles. The first-order chi connectivity index (χ1) is 12.4. The van der Waals surface area contributed by atoms with E-state index >= 15 is 0 Å². The first-order valence-corrected chi connectivity index (χ1v) is 7.81. The minimum Gasteiger partial charge on any atom is -0.462 e. The molecule has 0 radical (unpaired) electrons. The third kappa shape index (κ3) is 5.28. The van der Waals surface area contributed by atoms with E-state index in [-0.39, 0.29) is 13.0 Å². The van der Waals surface area contributed by atoms with Gasteiger partial charge in [-0.3, -0.25) is 0 Å². The van der Waals surface area contributed by atoms with Crippen molar-refractivity contribution in [1.29, 1.82) is 0 Å². The van der Waals surface area contributed by atoms with Gasteiger partial charge in [-0.15, -0.1) is 0 Å². The van der Waals surface area contributed by atoms with E-state index in [1.165, 1.54) is 0 Å². The Labute approximate surface area is 152 Å². The van der Waals surface area contributed by atoms with Crippen LogP contribution in [0.25, 0.3) is 0 Å². The number of carbonyl (C=O) groups excluding carboxylic acids is 1. The Morgan fingerprint density at radius 2 is 1.29 bits per heavy atom. The lowest BCUT2D eigenvalue weighted by Crippen LogP contribution is -2.66. The van der Waals surface area contributed by atoms with Crippen LogP contribution in [0.5, 0.6) is 0 Å². The van der Waals surface area contributed by atoms with Gasteiger partial charge >= 0.3 is 35.8 Å². The normalized spacial score (nSPS) is 15.0. The quantitative estimate of drug-likeness (QED) is 0.177. The van der Waals surface area contributed by atoms with E-state index in [1.54, 1.807) is 0 Å². The van der Waals surface area contributed by atoms with Gasteiger partial charge in [0.05, 0.1) is 6.61 Å². The third-order valence-corrected chi connectivity index (χ3v) is 3.51. The maximum absolute atomic E-state index is 13.5. The van der Waals surface area contributed by atoms with Gasteiger partial charge in [-0.05, 0) is 13.3 Å². The van der Waals surface area contributed by atoms with E-state index in [4.69, 9.17) is 0 Å². The fraction of sp³-hybridized carbons (Fsp3) is 0.800. The minimum absolute atomic E-state index is 0.273. The van der Waals surface area contributed by atoms with Crippen molar-refractivity contribution in [3.05, 3.63) is 11.6 Å². The van der Waals surface area contributed by atoms with Crippen LogP contribution in [0.4, 0.5) is 48.3 Å². The molecule has 0 aromatic rings. The molecule has 0 N–H and O–H groups in total. The van der Waals surface area contributed by atoms with Gasteiger partial charge in [-0.1, -0.05) is 26.2 Å². The Morgan fingerprint density at radius 1 is 0.786 bits per heavy atom. The summed E-state index contributed by atoms with van der Waals surface area (Å²) in [6, 6.07) is 0. The molecule has 0 amide bonds. The molecular weight excluding hydrogens is 421 g/mol. The summed E-state index contributed by atoms with van der Waals surface area (Å²) in [6.07, 6.45) is -5.98. The Kier molecular flexibility index (Phi) is 8.36. The highest BCUT2D eigenvalue weighted by atomic mass is 19.4. The van der Waals surface area contributed by atoms with E-state index in [1.807, 2.05) is 6.92 Å². The van der Waals surface area contributed by atoms with E-state index < -0.39 is 47.5 Å². The van der Waals surface area contributed by atoms with Crippen LogP contribution in [-0.2, 0) is 9.53 Å². The predicted octanol–water partition coefficient (Wildman–Crippen LogP) is 6.16. The van der Waals surface area contributed by atoms with Crippen LogP contribution < -0.4 is 0 Å². The van der Waals surface area contributed by atoms with Gasteiger partial charge in [0.25, 0.3) is 0 Å². The lowest BCUT2D eigenvalue weighted by molar-refractivity contribution is -0.417. The van der Waals surface area contributed by atoms with Gasteiger partial charge in [-0.25, -0.2) is 4.79 Å². The molecule has 166 valence electrons. The number of unbranched alkanes of at least 4 members (excludes halogenated alkanes) is 3. The summed E-state index contributed by atoms with van der Waals surface area (Å²) in [4.78, 5) is 11.4. The van der Waals surface area contributed by atoms with Crippen molar-refractivity contribution in [3.8, 4) is 0 Å². The van der Waals surface area contributed by atoms with E-state index in [9.17, 15) is 53.1 Å². The molecular formula is C15H17F11O2. The van der Waals surface area contributed by atoms with E-state index in [0.29, 0.717) is 13.3 Å². The molecule has 0 bridgehead atoms. The summed E-state index contributed by atoms with van der Waals surface area (Å²) in [5.74, 6) is -30.0. The smallest absolute Gasteiger partial charge is 0.460 e. The Bertz CT molecular complexity index is 565. The number of halogens is 11. The van der Waals surface area contributed by atoms with Crippen molar-refractivity contribution in [2.75, 3.05) is 6.61 Å². The predicted molar refractivity (Wildman–Crippen MR) is 74.7 cm³/mol. The third-order valence-electron chi connectivity index (χ3n) is 3.51. The summed E-state index contributed by atoms with van der Waals surface area (Å²) in [5, 5.41) is 0. The summed E-state index contributed by atoms with van der Waals surface area (Å²) in [5.41, 5.74) is -1.37. The number of allylic oxidation sites excluding steroid dienone is 1. The Balaban J connectivity index is 5.54. The highest BCUT2D eigenvalue weighted by molar-refractivity contribution is 5.87. The number of ether oxygens (including phenoxy) is 1. The monoisotopic (exact) mass is 438 g/mol. The lowest BCUT2D eigenvalue weighted by atomic mass is 9.96. The fourth-order valence-corrected chi connectivity index (χ4v) is 1.81. The van der Waals surface area contributed by atoms with E-state index in [2.05, 4.69) is 4.74 Å². The average Bonchev–Trinajstić information content (AvgIpc) is 2.52. The largest absolute Gasteiger partial charge is 0.462 e. The van der Waals surface area contributed by atoms with Crippen LogP contribution in [0, 0.1) is 0 Å². The molecule has 0 aromatic carbocycles. The number of esters is 1. The zero-order valence-electron chi connectivity index (χ0n) is 14.6. The minimum atomic E-state index is -7.51. The van der Waals surface area contributed by atoms with Crippen molar-refractivity contribution in [2.45, 2.75) is 69.4 Å². The zero-order valence-corrected chi connectivity index (χ0v) is 14.6. The van der Waals surface area contributed by atoms with Crippen LogP contribution in [-0.4, -0.2) is 42.4 Å². The molecule has 2 nitrogen and oxygen atoms in total. The molecule has 0 aliphatic carbocycles. The fourth-order valence-electron chi connectivity index (χ4n) is 1.81. The van der Waals surface area contributed by atoms with Crippen molar-refractivity contribution >= 4 is 5.97 Å². The van der Waals surface area contributed by atoms with Gasteiger partial charge in [0, 0.05) is 11.6 Å². The molecule has 0 heterocycles. The van der Waals surface area contributed by atoms with Crippen LogP contribution in [0.3, 0.4) is 0 Å². The molecule has 0 aromatic heterocycles. The average molecular weight is 438 g/mol. The first kappa shape index (κ1) is 26.4. The maximum atomic E-state index is 13.5. The maximum Gasteiger partial charge on any atom is 0.460 e. The van der Waals surface area contributed by atoms with Crippen LogP contribution >= 0.6 is 0 Å². The Hall–Kier alpha value is -1.56. The molecule has 0 aliphatic rings. The SMILES string of the molecule is CCCCCCOC(=O)C(C)=CC(F)(F)C(F)(F)C(F)(F)C(F)(F)C(F)(F)F. The van der Waals surface area contributed by atoms with Crippen LogP contribution in [0.2, 0.25) is 0 Å². The summed E-state index contributed by atoms with van der Waals surface area (Å²) in [7, 11) is 0. The Morgan fingerprint density at radius 3 is 1.71 bits per heavy atom. The molecule has 28 heavy (non-hydrogen) atoms. The van der Waals surface area contributed by atoms with Gasteiger partial charge in [0.2, 0.25) is 0 Å². The van der Waals surface area contributed by atoms with Crippen molar-refractivity contribution in [3.63, 3.8) is 0 Å². The second-order valence-corrected chi connectivity index (χ2v) is 5.87. The zero-order chi connectivity index (χ0) is 22.6. The standard InChI is InChI=1S/C15H17F11O2/c1-3-4-5-6-7-28-10(27)9(2)8-11(16,17)12(18,19)13(20,21)14(22,23)15(24,25)26/h8H,3-7H2,1-2H3.